The summed E-state index contributed by atoms with van der Waals surface area (Å²) in [6, 6.07) is 16.0. The van der Waals surface area contributed by atoms with Crippen molar-refractivity contribution < 1.29 is 28.2 Å². The summed E-state index contributed by atoms with van der Waals surface area (Å²) < 4.78 is 25.9. The van der Waals surface area contributed by atoms with Gasteiger partial charge in [-0.15, -0.1) is 0 Å². The first kappa shape index (κ1) is 38.4. The van der Waals surface area contributed by atoms with E-state index in [0.29, 0.717) is 43.3 Å². The van der Waals surface area contributed by atoms with Gasteiger partial charge in [0.1, 0.15) is 11.9 Å². The van der Waals surface area contributed by atoms with Crippen LogP contribution in [0.2, 0.25) is 0 Å². The molecule has 12 heteroatoms. The second-order valence-electron chi connectivity index (χ2n) is 15.9. The van der Waals surface area contributed by atoms with Crippen molar-refractivity contribution >= 4 is 40.5 Å². The molecule has 296 valence electrons. The first-order chi connectivity index (χ1) is 27.7. The van der Waals surface area contributed by atoms with E-state index < -0.39 is 18.2 Å². The van der Waals surface area contributed by atoms with Gasteiger partial charge < -0.3 is 25.0 Å². The quantitative estimate of drug-likeness (QED) is 0.204. The summed E-state index contributed by atoms with van der Waals surface area (Å²) in [6.07, 6.45) is 12.1. The number of nitrogens with zero attached hydrogens (tertiary/aromatic N) is 4. The average Bonchev–Trinajstić information content (AvgIpc) is 4.10. The predicted molar refractivity (Wildman–Crippen MR) is 216 cm³/mol. The number of alkyl carbamates (subject to hydrolysis) is 1. The van der Waals surface area contributed by atoms with E-state index in [1.807, 2.05) is 54.7 Å². The SMILES string of the molecule is COC(=O)N[C@H](C(=O)N1CCCC1C1=NC=C(c2ccc(-c3ccc(C4=CN=C([C@H]5C6CCC(C6)C5C(=O)NCc5cccnc5)C4)cc3)c(F)c2)C1)[C@@H](C)OC. The summed E-state index contributed by atoms with van der Waals surface area (Å²) in [6.45, 7) is 2.74. The van der Waals surface area contributed by atoms with Gasteiger partial charge in [0, 0.05) is 86.7 Å². The third-order valence-corrected chi connectivity index (χ3v) is 12.7. The second-order valence-corrected chi connectivity index (χ2v) is 15.9. The molecule has 3 aromatic rings. The second kappa shape index (κ2) is 16.5. The molecule has 3 aliphatic heterocycles. The molecule has 5 aliphatic rings. The van der Waals surface area contributed by atoms with Crippen LogP contribution in [0, 0.1) is 29.5 Å². The number of amides is 3. The zero-order valence-electron chi connectivity index (χ0n) is 32.6. The number of ether oxygens (including phenoxy) is 2. The summed E-state index contributed by atoms with van der Waals surface area (Å²) in [5, 5.41) is 5.80. The Hall–Kier alpha value is -5.49. The van der Waals surface area contributed by atoms with E-state index in [0.717, 1.165) is 76.9 Å². The van der Waals surface area contributed by atoms with Gasteiger partial charge in [-0.3, -0.25) is 24.6 Å². The number of carbonyl (C=O) groups excluding carboxylic acids is 3. The van der Waals surface area contributed by atoms with Gasteiger partial charge in [-0.2, -0.15) is 0 Å². The van der Waals surface area contributed by atoms with Crippen LogP contribution in [0.4, 0.5) is 9.18 Å². The molecular formula is C45H49FN6O5. The number of benzene rings is 2. The number of hydrogen-bond acceptors (Lipinski definition) is 8. The highest BCUT2D eigenvalue weighted by atomic mass is 19.1. The molecule has 11 nitrogen and oxygen atoms in total. The van der Waals surface area contributed by atoms with E-state index in [-0.39, 0.29) is 35.5 Å². The number of aromatic nitrogens is 1. The Morgan fingerprint density at radius 2 is 1.63 bits per heavy atom. The Morgan fingerprint density at radius 3 is 2.37 bits per heavy atom. The fourth-order valence-electron chi connectivity index (χ4n) is 9.68. The molecular weight excluding hydrogens is 724 g/mol. The van der Waals surface area contributed by atoms with Crippen LogP contribution in [0.3, 0.4) is 0 Å². The summed E-state index contributed by atoms with van der Waals surface area (Å²) in [5.41, 5.74) is 7.99. The number of aliphatic imine (C=N–C) groups is 2. The number of carbonyl (C=O) groups is 3. The summed E-state index contributed by atoms with van der Waals surface area (Å²) >= 11 is 0. The maximum atomic E-state index is 15.8. The molecule has 1 aromatic heterocycles. The van der Waals surface area contributed by atoms with Gasteiger partial charge >= 0.3 is 6.09 Å². The van der Waals surface area contributed by atoms with Crippen LogP contribution in [-0.2, 0) is 25.6 Å². The van der Waals surface area contributed by atoms with E-state index in [1.165, 1.54) is 14.2 Å². The van der Waals surface area contributed by atoms with E-state index >= 15 is 4.39 Å². The van der Waals surface area contributed by atoms with Crippen molar-refractivity contribution in [2.45, 2.75) is 76.6 Å². The molecule has 8 rings (SSSR count). The van der Waals surface area contributed by atoms with Gasteiger partial charge in [-0.05, 0) is 96.4 Å². The third-order valence-electron chi connectivity index (χ3n) is 12.7. The number of hydrogen-bond donors (Lipinski definition) is 2. The topological polar surface area (TPSA) is 135 Å². The zero-order chi connectivity index (χ0) is 39.6. The van der Waals surface area contributed by atoms with Gasteiger partial charge in [0.05, 0.1) is 19.3 Å². The first-order valence-electron chi connectivity index (χ1n) is 20.0. The lowest BCUT2D eigenvalue weighted by Crippen LogP contribution is -2.56. The number of fused-ring (bicyclic) bond motifs is 2. The fourth-order valence-corrected chi connectivity index (χ4v) is 9.68. The third kappa shape index (κ3) is 7.79. The number of rotatable bonds is 12. The summed E-state index contributed by atoms with van der Waals surface area (Å²) in [4.78, 5) is 54.7. The highest BCUT2D eigenvalue weighted by molar-refractivity contribution is 6.04. The molecule has 3 amide bonds. The van der Waals surface area contributed by atoms with Crippen molar-refractivity contribution in [3.8, 4) is 11.1 Å². The molecule has 7 atom stereocenters. The molecule has 2 N–H and O–H groups in total. The summed E-state index contributed by atoms with van der Waals surface area (Å²) in [5.74, 6) is 0.526. The highest BCUT2D eigenvalue weighted by Crippen LogP contribution is 2.54. The minimum atomic E-state index is -0.905. The number of pyridine rings is 1. The lowest BCUT2D eigenvalue weighted by atomic mass is 9.75. The van der Waals surface area contributed by atoms with Gasteiger partial charge in [0.15, 0.2) is 0 Å². The number of allylic oxidation sites excluding steroid dienone is 2. The standard InChI is InChI=1S/C45H49FN6O5/c1-26(56-2)42(51-45(55)57-3)44(54)52-17-5-7-39(52)37-20-34(25-48-37)30-14-15-35(36(46)19-30)29-10-8-28(9-11-29)33-21-38(49-24-33)40-31-12-13-32(18-31)41(40)43(53)50-23-27-6-4-16-47-22-27/h4,6,8-11,14-16,19,22,24-26,31-32,39-42H,5,7,12-13,17-18,20-21,23H2,1-3H3,(H,50,53)(H,51,55)/t26-,31?,32?,39?,40-,41?,42+/m1/s1. The van der Waals surface area contributed by atoms with Crippen LogP contribution in [0.25, 0.3) is 22.3 Å². The lowest BCUT2D eigenvalue weighted by Gasteiger charge is -2.31. The van der Waals surface area contributed by atoms with Crippen LogP contribution in [-0.4, -0.2) is 78.2 Å². The minimum Gasteiger partial charge on any atom is -0.453 e. The van der Waals surface area contributed by atoms with E-state index in [2.05, 4.69) is 15.6 Å². The molecule has 4 unspecified atom stereocenters. The average molecular weight is 773 g/mol. The molecule has 57 heavy (non-hydrogen) atoms. The molecule has 2 bridgehead atoms. The minimum absolute atomic E-state index is 0.0559. The number of methoxy groups -OCH3 is 2. The molecule has 2 aromatic carbocycles. The Balaban J connectivity index is 0.881. The largest absolute Gasteiger partial charge is 0.453 e. The molecule has 3 fully saturated rings. The number of halogens is 1. The molecule has 2 saturated carbocycles. The van der Waals surface area contributed by atoms with Crippen molar-refractivity contribution in [3.63, 3.8) is 0 Å². The summed E-state index contributed by atoms with van der Waals surface area (Å²) in [7, 11) is 2.75. The zero-order valence-corrected chi connectivity index (χ0v) is 32.6. The lowest BCUT2D eigenvalue weighted by molar-refractivity contribution is -0.136. The fraction of sp³-hybridized carbons (Fsp3) is 0.422. The molecule has 0 radical (unpaired) electrons. The maximum Gasteiger partial charge on any atom is 0.407 e. The van der Waals surface area contributed by atoms with Crippen molar-refractivity contribution in [1.82, 2.24) is 20.5 Å². The van der Waals surface area contributed by atoms with Crippen LogP contribution < -0.4 is 10.6 Å². The number of nitrogens with one attached hydrogen (secondary N) is 2. The number of likely N-dealkylation sites (tertiary alicyclic amines) is 1. The molecule has 2 aliphatic carbocycles. The van der Waals surface area contributed by atoms with Gasteiger partial charge in [-0.1, -0.05) is 42.5 Å². The first-order valence-corrected chi connectivity index (χ1v) is 20.0. The van der Waals surface area contributed by atoms with Crippen LogP contribution in [0.5, 0.6) is 0 Å². The normalized spacial score (nSPS) is 24.7. The van der Waals surface area contributed by atoms with Crippen LogP contribution in [0.15, 0.2) is 89.4 Å². The Bertz CT molecular complexity index is 2150. The Kier molecular flexibility index (Phi) is 11.1. The maximum absolute atomic E-state index is 15.8. The Labute approximate surface area is 332 Å². The van der Waals surface area contributed by atoms with E-state index in [1.54, 1.807) is 36.5 Å². The highest BCUT2D eigenvalue weighted by Gasteiger charge is 2.52. The van der Waals surface area contributed by atoms with Crippen molar-refractivity contribution in [1.29, 1.82) is 0 Å². The van der Waals surface area contributed by atoms with Gasteiger partial charge in [0.25, 0.3) is 0 Å². The van der Waals surface area contributed by atoms with Crippen molar-refractivity contribution in [2.24, 2.45) is 33.7 Å². The van der Waals surface area contributed by atoms with Crippen molar-refractivity contribution in [2.75, 3.05) is 20.8 Å². The molecule has 0 spiro atoms. The Morgan fingerprint density at radius 1 is 0.912 bits per heavy atom. The van der Waals surface area contributed by atoms with Crippen LogP contribution >= 0.6 is 0 Å². The molecule has 1 saturated heterocycles. The van der Waals surface area contributed by atoms with Crippen molar-refractivity contribution in [3.05, 3.63) is 102 Å². The van der Waals surface area contributed by atoms with Gasteiger partial charge in [-0.25, -0.2) is 9.18 Å². The van der Waals surface area contributed by atoms with Gasteiger partial charge in [0.2, 0.25) is 11.8 Å². The molecule has 4 heterocycles. The smallest absolute Gasteiger partial charge is 0.407 e. The van der Waals surface area contributed by atoms with E-state index in [4.69, 9.17) is 19.5 Å². The van der Waals surface area contributed by atoms with Crippen LogP contribution in [0.1, 0.15) is 68.6 Å². The monoisotopic (exact) mass is 772 g/mol. The van der Waals surface area contributed by atoms with E-state index in [9.17, 15) is 14.4 Å². The predicted octanol–water partition coefficient (Wildman–Crippen LogP) is 6.99.